The first-order valence-corrected chi connectivity index (χ1v) is 23.6. The molecule has 3 aromatic carbocycles. The van der Waals surface area contributed by atoms with Crippen LogP contribution in [0.4, 0.5) is 17.1 Å². The molecule has 5 unspecified atom stereocenters. The quantitative estimate of drug-likeness (QED) is 0.260. The number of aliphatic hydroxyl groups is 1. The van der Waals surface area contributed by atoms with Crippen LogP contribution in [0.25, 0.3) is 0 Å². The Balaban J connectivity index is 0.000000165. The first kappa shape index (κ1) is 49.6. The van der Waals surface area contributed by atoms with Crippen molar-refractivity contribution in [3.8, 4) is 0 Å². The van der Waals surface area contributed by atoms with E-state index in [1.807, 2.05) is 13.0 Å². The van der Waals surface area contributed by atoms with Crippen molar-refractivity contribution < 1.29 is 48.0 Å². The van der Waals surface area contributed by atoms with Gasteiger partial charge in [0.05, 0.1) is 70.3 Å². The first-order valence-electron chi connectivity index (χ1n) is 21.2. The number of hydrogen-bond donors (Lipinski definition) is 1. The minimum Gasteiger partial charge on any atom is -0.466 e. The van der Waals surface area contributed by atoms with Gasteiger partial charge in [-0.15, -0.1) is 0 Å². The Morgan fingerprint density at radius 1 is 0.694 bits per heavy atom. The van der Waals surface area contributed by atoms with E-state index >= 15 is 0 Å². The molecule has 5 atom stereocenters. The molecular weight excluding hydrogens is 994 g/mol. The molecule has 16 heteroatoms. The highest BCUT2D eigenvalue weighted by Crippen LogP contribution is 2.47. The molecule has 9 rings (SSSR count). The number of aliphatic hydroxyl groups excluding tert-OH is 1. The maximum absolute atomic E-state index is 12.2. The molecule has 3 saturated heterocycles. The molecule has 6 heterocycles. The van der Waals surface area contributed by atoms with Crippen LogP contribution in [0.2, 0.25) is 0 Å². The molecule has 0 saturated carbocycles. The van der Waals surface area contributed by atoms with Gasteiger partial charge in [-0.3, -0.25) is 4.79 Å². The summed E-state index contributed by atoms with van der Waals surface area (Å²) < 4.78 is 25.5. The van der Waals surface area contributed by atoms with E-state index in [4.69, 9.17) is 38.1 Å². The molecule has 13 nitrogen and oxygen atoms in total. The third kappa shape index (κ3) is 11.6. The zero-order chi connectivity index (χ0) is 44.8. The van der Waals surface area contributed by atoms with Crippen LogP contribution < -0.4 is 14.7 Å². The van der Waals surface area contributed by atoms with Gasteiger partial charge in [-0.25, -0.2) is 0 Å². The van der Waals surface area contributed by atoms with Crippen molar-refractivity contribution in [2.24, 2.45) is 17.3 Å². The molecule has 6 aliphatic heterocycles. The van der Waals surface area contributed by atoms with Crippen molar-refractivity contribution in [2.75, 3.05) is 87.2 Å². The van der Waals surface area contributed by atoms with Gasteiger partial charge in [0.15, 0.2) is 0 Å². The topological polar surface area (TPSA) is 152 Å². The summed E-state index contributed by atoms with van der Waals surface area (Å²) in [6.45, 7) is 14.5. The molecule has 3 fully saturated rings. The number of morpholine rings is 3. The van der Waals surface area contributed by atoms with Crippen LogP contribution in [0, 0.1) is 17.3 Å². The van der Waals surface area contributed by atoms with E-state index in [0.29, 0.717) is 43.2 Å². The lowest BCUT2D eigenvalue weighted by Gasteiger charge is -2.53. The predicted octanol–water partition coefficient (Wildman–Crippen LogP) is 7.06. The van der Waals surface area contributed by atoms with Gasteiger partial charge in [-0.1, -0.05) is 79.8 Å². The lowest BCUT2D eigenvalue weighted by Crippen LogP contribution is -2.58. The lowest BCUT2D eigenvalue weighted by atomic mass is 9.67. The van der Waals surface area contributed by atoms with Crippen molar-refractivity contribution in [2.45, 2.75) is 71.0 Å². The normalized spacial score (nSPS) is 23.4. The number of ether oxygens (including phenoxy) is 4. The second kappa shape index (κ2) is 24.0. The van der Waals surface area contributed by atoms with E-state index in [2.05, 4.69) is 125 Å². The number of fused-ring (bicyclic) bond motifs is 9. The molecule has 0 radical (unpaired) electrons. The molecule has 1 N–H and O–H groups in total. The molecule has 3 aromatic rings. The molecule has 336 valence electrons. The number of carbonyl (C=O) groups is 1. The fourth-order valence-corrected chi connectivity index (χ4v) is 10.9. The standard InChI is InChI=1S/C16H22BrNO.C15H18BrNO3.C13H16BrNO2.2CO2/c1-3-16(4-2)10-12-5-6-13(17)9-14(12)18-7-8-19-11-15(16)18;1-2-20-15(18)12-7-10-3-4-11(16)8-13(10)17-5-6-19-9-14(12)17;14-11-2-1-9-5-10(7-16)13-8-17-4-3-15(13)12(9)6-11;2*2-1-3/h5-6,9,15H,3-4,7-8,10-11H2,1-2H3;3-4,8,12,14H,2,5-7,9H2,1H3;1-2,6,10,13,16H,3-5,7-8H2;;. The zero-order valence-electron chi connectivity index (χ0n) is 35.5. The Bertz CT molecular complexity index is 2010. The maximum atomic E-state index is 12.2. The molecule has 0 aliphatic carbocycles. The van der Waals surface area contributed by atoms with Crippen molar-refractivity contribution in [3.05, 3.63) is 84.7 Å². The number of halogens is 3. The highest BCUT2D eigenvalue weighted by molar-refractivity contribution is 9.11. The maximum Gasteiger partial charge on any atom is 0.373 e. The van der Waals surface area contributed by atoms with E-state index in [9.17, 15) is 9.90 Å². The number of nitrogens with zero attached hydrogens (tertiary/aromatic N) is 3. The highest BCUT2D eigenvalue weighted by atomic mass is 79.9. The SMILES string of the molecule is CCC1(CC)Cc2ccc(Br)cc2N2CCOCC21.CCOC(=O)C1Cc2ccc(Br)cc2N2CCOCC12.O=C=O.O=C=O.OCC1Cc2ccc(Br)cc2N2CCOCC12. The summed E-state index contributed by atoms with van der Waals surface area (Å²) >= 11 is 10.7. The minimum absolute atomic E-state index is 0.0876. The van der Waals surface area contributed by atoms with Gasteiger partial charge in [0.25, 0.3) is 0 Å². The average Bonchev–Trinajstić information content (AvgIpc) is 3.29. The zero-order valence-corrected chi connectivity index (χ0v) is 40.3. The van der Waals surface area contributed by atoms with Crippen LogP contribution in [0.3, 0.4) is 0 Å². The van der Waals surface area contributed by atoms with Crippen LogP contribution in [-0.4, -0.2) is 114 Å². The van der Waals surface area contributed by atoms with Crippen LogP contribution >= 0.6 is 47.8 Å². The number of carbonyl (C=O) groups excluding carboxylic acids is 5. The molecule has 0 aromatic heterocycles. The van der Waals surface area contributed by atoms with Crippen LogP contribution in [0.5, 0.6) is 0 Å². The Morgan fingerprint density at radius 3 is 1.66 bits per heavy atom. The third-order valence-corrected chi connectivity index (χ3v) is 14.4. The Hall–Kier alpha value is -3.43. The first-order chi connectivity index (χ1) is 30.0. The molecule has 62 heavy (non-hydrogen) atoms. The lowest BCUT2D eigenvalue weighted by molar-refractivity contribution is -0.193. The van der Waals surface area contributed by atoms with E-state index in [1.54, 1.807) is 0 Å². The summed E-state index contributed by atoms with van der Waals surface area (Å²) in [6.07, 6.45) is 5.82. The smallest absolute Gasteiger partial charge is 0.373 e. The van der Waals surface area contributed by atoms with Crippen molar-refractivity contribution in [1.29, 1.82) is 0 Å². The van der Waals surface area contributed by atoms with Crippen LogP contribution in [0.15, 0.2) is 68.0 Å². The largest absolute Gasteiger partial charge is 0.466 e. The van der Waals surface area contributed by atoms with Gasteiger partial charge in [0, 0.05) is 62.6 Å². The summed E-state index contributed by atoms with van der Waals surface area (Å²) in [7, 11) is 0. The Labute approximate surface area is 389 Å². The monoisotopic (exact) mass is 1050 g/mol. The molecular formula is C46H56Br3N3O10. The predicted molar refractivity (Wildman–Crippen MR) is 243 cm³/mol. The van der Waals surface area contributed by atoms with E-state index in [-0.39, 0.29) is 36.8 Å². The Kier molecular flexibility index (Phi) is 19.2. The van der Waals surface area contributed by atoms with Crippen LogP contribution in [0.1, 0.15) is 50.3 Å². The van der Waals surface area contributed by atoms with E-state index in [0.717, 1.165) is 67.8 Å². The fourth-order valence-electron chi connectivity index (χ4n) is 9.81. The summed E-state index contributed by atoms with van der Waals surface area (Å²) in [4.78, 5) is 52.0. The number of hydrogen-bond acceptors (Lipinski definition) is 13. The van der Waals surface area contributed by atoms with Crippen molar-refractivity contribution >= 4 is 83.1 Å². The second-order valence-electron chi connectivity index (χ2n) is 15.9. The average molecular weight is 1050 g/mol. The summed E-state index contributed by atoms with van der Waals surface area (Å²) in [5.74, 6) is 0.0504. The number of anilines is 3. The molecule has 0 amide bonds. The van der Waals surface area contributed by atoms with Crippen LogP contribution in [-0.2, 0) is 62.2 Å². The number of benzene rings is 3. The van der Waals surface area contributed by atoms with Gasteiger partial charge >= 0.3 is 18.3 Å². The number of rotatable bonds is 5. The minimum atomic E-state index is -0.135. The Morgan fingerprint density at radius 2 is 1.15 bits per heavy atom. The summed E-state index contributed by atoms with van der Waals surface area (Å²) in [5.41, 5.74) is 8.37. The number of esters is 1. The van der Waals surface area contributed by atoms with Gasteiger partial charge in [0.2, 0.25) is 0 Å². The van der Waals surface area contributed by atoms with Crippen molar-refractivity contribution in [1.82, 2.24) is 0 Å². The van der Waals surface area contributed by atoms with Gasteiger partial charge in [0.1, 0.15) is 0 Å². The fraction of sp³-hybridized carbons (Fsp3) is 0.543. The van der Waals surface area contributed by atoms with Crippen molar-refractivity contribution in [3.63, 3.8) is 0 Å². The highest BCUT2D eigenvalue weighted by Gasteiger charge is 2.46. The molecule has 0 spiro atoms. The van der Waals surface area contributed by atoms with E-state index < -0.39 is 0 Å². The molecule has 0 bridgehead atoms. The summed E-state index contributed by atoms with van der Waals surface area (Å²) in [6, 6.07) is 20.4. The second-order valence-corrected chi connectivity index (χ2v) is 18.6. The van der Waals surface area contributed by atoms with Gasteiger partial charge in [-0.2, -0.15) is 19.2 Å². The van der Waals surface area contributed by atoms with E-state index in [1.165, 1.54) is 57.5 Å². The van der Waals surface area contributed by atoms with Gasteiger partial charge in [-0.05, 0) is 97.5 Å². The van der Waals surface area contributed by atoms with Gasteiger partial charge < -0.3 is 38.8 Å². The third-order valence-electron chi connectivity index (χ3n) is 12.9. The summed E-state index contributed by atoms with van der Waals surface area (Å²) in [5, 5.41) is 9.52. The molecule has 6 aliphatic rings.